The van der Waals surface area contributed by atoms with Gasteiger partial charge in [-0.15, -0.1) is 0 Å². The van der Waals surface area contributed by atoms with E-state index in [2.05, 4.69) is 10.3 Å². The van der Waals surface area contributed by atoms with Crippen LogP contribution in [0.5, 0.6) is 0 Å². The number of halogens is 3. The second-order valence-electron chi connectivity index (χ2n) is 3.54. The lowest BCUT2D eigenvalue weighted by molar-refractivity contribution is -0.137. The third kappa shape index (κ3) is 3.61. The number of hydrogen-bond acceptors (Lipinski definition) is 3. The maximum Gasteiger partial charge on any atom is 0.419 e. The van der Waals surface area contributed by atoms with Crippen LogP contribution in [-0.4, -0.2) is 36.4 Å². The lowest BCUT2D eigenvalue weighted by Gasteiger charge is -2.14. The van der Waals surface area contributed by atoms with Crippen LogP contribution in [-0.2, 0) is 11.0 Å². The van der Waals surface area contributed by atoms with Crippen LogP contribution < -0.4 is 5.32 Å². The Labute approximate surface area is 96.4 Å². The minimum Gasteiger partial charge on any atom is -0.360 e. The highest BCUT2D eigenvalue weighted by Crippen LogP contribution is 2.33. The fourth-order valence-electron chi connectivity index (χ4n) is 1.09. The van der Waals surface area contributed by atoms with Gasteiger partial charge in [0, 0.05) is 20.3 Å². The van der Waals surface area contributed by atoms with Gasteiger partial charge in [0.2, 0.25) is 5.91 Å². The van der Waals surface area contributed by atoms with Gasteiger partial charge in [0.1, 0.15) is 5.82 Å². The van der Waals surface area contributed by atoms with E-state index in [4.69, 9.17) is 0 Å². The molecule has 1 rings (SSSR count). The molecule has 0 aliphatic heterocycles. The Kier molecular flexibility index (Phi) is 3.93. The largest absolute Gasteiger partial charge is 0.419 e. The molecular formula is C10H12F3N3O. The number of carbonyl (C=O) groups is 1. The standard InChI is InChI=1S/C10H12F3N3O/c1-16(2)8(17)6-15-9-7(10(11,12)13)4-3-5-14-9/h3-5H,6H2,1-2H3,(H,14,15). The van der Waals surface area contributed by atoms with Crippen LogP contribution >= 0.6 is 0 Å². The summed E-state index contributed by atoms with van der Waals surface area (Å²) in [5, 5.41) is 2.38. The number of anilines is 1. The Morgan fingerprint density at radius 2 is 2.12 bits per heavy atom. The third-order valence-electron chi connectivity index (χ3n) is 2.02. The predicted octanol–water partition coefficient (Wildman–Crippen LogP) is 1.60. The number of nitrogens with one attached hydrogen (secondary N) is 1. The number of nitrogens with zero attached hydrogens (tertiary/aromatic N) is 2. The van der Waals surface area contributed by atoms with Crippen LogP contribution in [0.3, 0.4) is 0 Å². The zero-order valence-electron chi connectivity index (χ0n) is 9.38. The summed E-state index contributed by atoms with van der Waals surface area (Å²) in [6.45, 7) is -0.229. The second-order valence-corrected chi connectivity index (χ2v) is 3.54. The van der Waals surface area contributed by atoms with E-state index >= 15 is 0 Å². The average molecular weight is 247 g/mol. The minimum atomic E-state index is -4.49. The molecule has 0 bridgehead atoms. The van der Waals surface area contributed by atoms with Crippen LogP contribution in [0.15, 0.2) is 18.3 Å². The molecule has 0 spiro atoms. The maximum atomic E-state index is 12.6. The first-order chi connectivity index (χ1) is 7.82. The summed E-state index contributed by atoms with van der Waals surface area (Å²) in [6, 6.07) is 2.11. The number of rotatable bonds is 3. The molecule has 0 unspecified atom stereocenters. The van der Waals surface area contributed by atoms with E-state index in [1.807, 2.05) is 0 Å². The Morgan fingerprint density at radius 3 is 2.65 bits per heavy atom. The molecule has 0 saturated heterocycles. The monoisotopic (exact) mass is 247 g/mol. The van der Waals surface area contributed by atoms with Gasteiger partial charge in [0.25, 0.3) is 0 Å². The van der Waals surface area contributed by atoms with E-state index < -0.39 is 11.7 Å². The molecule has 1 heterocycles. The van der Waals surface area contributed by atoms with E-state index in [1.165, 1.54) is 31.3 Å². The van der Waals surface area contributed by atoms with Gasteiger partial charge in [-0.25, -0.2) is 4.98 Å². The molecule has 1 amide bonds. The number of alkyl halides is 3. The lowest BCUT2D eigenvalue weighted by Crippen LogP contribution is -2.29. The van der Waals surface area contributed by atoms with Crippen molar-refractivity contribution in [3.63, 3.8) is 0 Å². The van der Waals surface area contributed by atoms with Crippen molar-refractivity contribution in [2.45, 2.75) is 6.18 Å². The SMILES string of the molecule is CN(C)C(=O)CNc1ncccc1C(F)(F)F. The van der Waals surface area contributed by atoms with Crippen molar-refractivity contribution < 1.29 is 18.0 Å². The quantitative estimate of drug-likeness (QED) is 0.882. The molecule has 4 nitrogen and oxygen atoms in total. The van der Waals surface area contributed by atoms with E-state index in [-0.39, 0.29) is 18.3 Å². The van der Waals surface area contributed by atoms with Gasteiger partial charge in [0.05, 0.1) is 12.1 Å². The van der Waals surface area contributed by atoms with Crippen molar-refractivity contribution in [1.29, 1.82) is 0 Å². The summed E-state index contributed by atoms with van der Waals surface area (Å²) in [5.74, 6) is -0.668. The zero-order chi connectivity index (χ0) is 13.1. The molecule has 94 valence electrons. The fourth-order valence-corrected chi connectivity index (χ4v) is 1.09. The van der Waals surface area contributed by atoms with E-state index in [9.17, 15) is 18.0 Å². The second kappa shape index (κ2) is 5.03. The first-order valence-electron chi connectivity index (χ1n) is 4.78. The number of hydrogen-bond donors (Lipinski definition) is 1. The van der Waals surface area contributed by atoms with Crippen molar-refractivity contribution >= 4 is 11.7 Å². The molecule has 0 saturated carbocycles. The number of aromatic nitrogens is 1. The van der Waals surface area contributed by atoms with Gasteiger partial charge in [-0.05, 0) is 12.1 Å². The van der Waals surface area contributed by atoms with Gasteiger partial charge >= 0.3 is 6.18 Å². The fraction of sp³-hybridized carbons (Fsp3) is 0.400. The molecule has 0 aliphatic carbocycles. The Balaban J connectivity index is 2.82. The van der Waals surface area contributed by atoms with Crippen LogP contribution in [0.1, 0.15) is 5.56 Å². The summed E-state index contributed by atoms with van der Waals surface area (Å²) < 4.78 is 37.7. The summed E-state index contributed by atoms with van der Waals surface area (Å²) in [7, 11) is 3.04. The van der Waals surface area contributed by atoms with Crippen LogP contribution in [0.2, 0.25) is 0 Å². The van der Waals surface area contributed by atoms with Gasteiger partial charge in [-0.2, -0.15) is 13.2 Å². The Hall–Kier alpha value is -1.79. The van der Waals surface area contributed by atoms with Gasteiger partial charge < -0.3 is 10.2 Å². The third-order valence-corrected chi connectivity index (χ3v) is 2.02. The Bertz CT molecular complexity index is 404. The predicted molar refractivity (Wildman–Crippen MR) is 56.4 cm³/mol. The van der Waals surface area contributed by atoms with Crippen molar-refractivity contribution in [3.8, 4) is 0 Å². The smallest absolute Gasteiger partial charge is 0.360 e. The van der Waals surface area contributed by atoms with Crippen molar-refractivity contribution in [2.24, 2.45) is 0 Å². The highest BCUT2D eigenvalue weighted by atomic mass is 19.4. The molecule has 0 atom stereocenters. The van der Waals surface area contributed by atoms with E-state index in [0.29, 0.717) is 0 Å². The van der Waals surface area contributed by atoms with Gasteiger partial charge in [-0.1, -0.05) is 0 Å². The molecule has 0 aromatic carbocycles. The molecule has 1 N–H and O–H groups in total. The molecule has 7 heteroatoms. The highest BCUT2D eigenvalue weighted by Gasteiger charge is 2.34. The molecule has 1 aromatic rings. The number of amides is 1. The summed E-state index contributed by atoms with van der Waals surface area (Å²) in [4.78, 5) is 16.1. The van der Waals surface area contributed by atoms with Crippen molar-refractivity contribution in [3.05, 3.63) is 23.9 Å². The maximum absolute atomic E-state index is 12.6. The molecule has 1 aromatic heterocycles. The van der Waals surface area contributed by atoms with Crippen molar-refractivity contribution in [2.75, 3.05) is 26.0 Å². The summed E-state index contributed by atoms with van der Waals surface area (Å²) in [6.07, 6.45) is -3.25. The van der Waals surface area contributed by atoms with E-state index in [0.717, 1.165) is 6.07 Å². The topological polar surface area (TPSA) is 45.2 Å². The van der Waals surface area contributed by atoms with Crippen LogP contribution in [0.4, 0.5) is 19.0 Å². The first-order valence-corrected chi connectivity index (χ1v) is 4.78. The highest BCUT2D eigenvalue weighted by molar-refractivity contribution is 5.80. The van der Waals surface area contributed by atoms with Crippen LogP contribution in [0.25, 0.3) is 0 Å². The van der Waals surface area contributed by atoms with Crippen LogP contribution in [0, 0.1) is 0 Å². The normalized spacial score (nSPS) is 11.1. The minimum absolute atomic E-state index is 0.229. The number of carbonyl (C=O) groups excluding carboxylic acids is 1. The molecule has 0 fully saturated rings. The van der Waals surface area contributed by atoms with Crippen molar-refractivity contribution in [1.82, 2.24) is 9.88 Å². The molecular weight excluding hydrogens is 235 g/mol. The zero-order valence-corrected chi connectivity index (χ0v) is 9.38. The molecule has 0 aliphatic rings. The van der Waals surface area contributed by atoms with E-state index in [1.54, 1.807) is 0 Å². The number of likely N-dealkylation sites (N-methyl/N-ethyl adjacent to an activating group) is 1. The average Bonchev–Trinajstić information content (AvgIpc) is 2.24. The number of pyridine rings is 1. The summed E-state index contributed by atoms with van der Waals surface area (Å²) >= 11 is 0. The summed E-state index contributed by atoms with van der Waals surface area (Å²) in [5.41, 5.74) is -0.883. The Morgan fingerprint density at radius 1 is 1.47 bits per heavy atom. The molecule has 17 heavy (non-hydrogen) atoms. The van der Waals surface area contributed by atoms with Gasteiger partial charge in [-0.3, -0.25) is 4.79 Å². The van der Waals surface area contributed by atoms with Gasteiger partial charge in [0.15, 0.2) is 0 Å². The molecule has 0 radical (unpaired) electrons. The first kappa shape index (κ1) is 13.3. The lowest BCUT2D eigenvalue weighted by atomic mass is 10.2.